The van der Waals surface area contributed by atoms with Gasteiger partial charge in [0.15, 0.2) is 5.16 Å². The zero-order valence-electron chi connectivity index (χ0n) is 16.7. The second-order valence-electron chi connectivity index (χ2n) is 7.44. The molecule has 154 valence electrons. The minimum atomic E-state index is -0.0837. The second kappa shape index (κ2) is 8.23. The average Bonchev–Trinajstić information content (AvgIpc) is 3.41. The molecule has 1 saturated heterocycles. The molecule has 0 amide bonds. The number of aromatic amines is 1. The van der Waals surface area contributed by atoms with Crippen molar-refractivity contribution < 1.29 is 0 Å². The van der Waals surface area contributed by atoms with Crippen LogP contribution in [0.2, 0.25) is 0 Å². The van der Waals surface area contributed by atoms with Crippen molar-refractivity contribution in [3.05, 3.63) is 57.5 Å². The Labute approximate surface area is 182 Å². The Morgan fingerprint density at radius 3 is 2.70 bits per heavy atom. The van der Waals surface area contributed by atoms with Crippen molar-refractivity contribution in [2.45, 2.75) is 37.1 Å². The quantitative estimate of drug-likeness (QED) is 0.472. The van der Waals surface area contributed by atoms with Gasteiger partial charge >= 0.3 is 0 Å². The largest absolute Gasteiger partial charge is 0.341 e. The van der Waals surface area contributed by atoms with Gasteiger partial charge in [0.05, 0.1) is 17.0 Å². The zero-order valence-corrected chi connectivity index (χ0v) is 18.3. The first kappa shape index (κ1) is 19.3. The SMILES string of the molecule is Cc1ccc(-n2c(SCc3nc4ccsc4c(=O)[nH]3)nnc2N2CCCCC2)cc1. The molecule has 30 heavy (non-hydrogen) atoms. The van der Waals surface area contributed by atoms with Crippen LogP contribution in [0.1, 0.15) is 30.7 Å². The number of rotatable bonds is 5. The van der Waals surface area contributed by atoms with Crippen molar-refractivity contribution in [1.29, 1.82) is 0 Å². The van der Waals surface area contributed by atoms with Crippen molar-refractivity contribution in [2.24, 2.45) is 0 Å². The number of thiophene rings is 1. The Hall–Kier alpha value is -2.65. The van der Waals surface area contributed by atoms with E-state index in [0.29, 0.717) is 16.3 Å². The van der Waals surface area contributed by atoms with Crippen LogP contribution in [0, 0.1) is 6.92 Å². The van der Waals surface area contributed by atoms with Gasteiger partial charge in [-0.2, -0.15) is 0 Å². The van der Waals surface area contributed by atoms with Gasteiger partial charge in [-0.15, -0.1) is 21.5 Å². The molecule has 0 atom stereocenters. The van der Waals surface area contributed by atoms with Crippen molar-refractivity contribution in [3.8, 4) is 5.69 Å². The molecule has 9 heteroatoms. The molecule has 0 radical (unpaired) electrons. The molecule has 0 bridgehead atoms. The summed E-state index contributed by atoms with van der Waals surface area (Å²) in [6, 6.07) is 10.3. The van der Waals surface area contributed by atoms with E-state index >= 15 is 0 Å². The summed E-state index contributed by atoms with van der Waals surface area (Å²) in [6.07, 6.45) is 3.62. The standard InChI is InChI=1S/C21H22N6OS2/c1-14-5-7-15(8-6-14)27-20(26-10-3-2-4-11-26)24-25-21(27)30-13-17-22-16-9-12-29-18(16)19(28)23-17/h5-9,12H,2-4,10-11,13H2,1H3,(H,22,23,28). The second-order valence-corrected chi connectivity index (χ2v) is 9.30. The minimum Gasteiger partial charge on any atom is -0.341 e. The van der Waals surface area contributed by atoms with Crippen molar-refractivity contribution in [2.75, 3.05) is 18.0 Å². The van der Waals surface area contributed by atoms with Crippen LogP contribution in [0.15, 0.2) is 45.7 Å². The Balaban J connectivity index is 1.48. The van der Waals surface area contributed by atoms with E-state index in [2.05, 4.69) is 60.8 Å². The predicted molar refractivity (Wildman–Crippen MR) is 122 cm³/mol. The summed E-state index contributed by atoms with van der Waals surface area (Å²) in [7, 11) is 0. The van der Waals surface area contributed by atoms with Crippen LogP contribution >= 0.6 is 23.1 Å². The average molecular weight is 439 g/mol. The Kier molecular flexibility index (Phi) is 5.30. The summed E-state index contributed by atoms with van der Waals surface area (Å²) in [5, 5.41) is 11.7. The fraction of sp³-hybridized carbons (Fsp3) is 0.333. The van der Waals surface area contributed by atoms with E-state index in [1.54, 1.807) is 0 Å². The third kappa shape index (κ3) is 3.75. The molecule has 4 heterocycles. The van der Waals surface area contributed by atoms with Gasteiger partial charge in [-0.1, -0.05) is 29.5 Å². The molecule has 1 aromatic carbocycles. The van der Waals surface area contributed by atoms with E-state index in [0.717, 1.165) is 35.4 Å². The lowest BCUT2D eigenvalue weighted by Crippen LogP contribution is -2.31. The summed E-state index contributed by atoms with van der Waals surface area (Å²) < 4.78 is 2.79. The van der Waals surface area contributed by atoms with Crippen LogP contribution in [-0.2, 0) is 5.75 Å². The van der Waals surface area contributed by atoms with Gasteiger partial charge in [-0.3, -0.25) is 9.36 Å². The Bertz CT molecular complexity index is 1220. The summed E-state index contributed by atoms with van der Waals surface area (Å²) in [5.74, 6) is 2.05. The number of aromatic nitrogens is 5. The number of H-pyrrole nitrogens is 1. The van der Waals surface area contributed by atoms with E-state index in [1.807, 2.05) is 11.4 Å². The molecule has 0 saturated carbocycles. The van der Waals surface area contributed by atoms with Crippen molar-refractivity contribution in [1.82, 2.24) is 24.7 Å². The van der Waals surface area contributed by atoms with E-state index in [4.69, 9.17) is 0 Å². The number of anilines is 1. The third-order valence-corrected chi connectivity index (χ3v) is 7.09. The molecule has 1 fully saturated rings. The number of hydrogen-bond acceptors (Lipinski definition) is 7. The molecule has 0 aliphatic carbocycles. The molecule has 1 aliphatic heterocycles. The Morgan fingerprint density at radius 2 is 1.90 bits per heavy atom. The first-order valence-electron chi connectivity index (χ1n) is 10.1. The lowest BCUT2D eigenvalue weighted by molar-refractivity contribution is 0.564. The van der Waals surface area contributed by atoms with Crippen LogP contribution in [0.5, 0.6) is 0 Å². The molecule has 3 aromatic heterocycles. The maximum atomic E-state index is 12.3. The lowest BCUT2D eigenvalue weighted by atomic mass is 10.1. The highest BCUT2D eigenvalue weighted by molar-refractivity contribution is 7.98. The molecular weight excluding hydrogens is 416 g/mol. The lowest BCUT2D eigenvalue weighted by Gasteiger charge is -2.27. The molecular formula is C21H22N6OS2. The van der Waals surface area contributed by atoms with Crippen LogP contribution in [0.4, 0.5) is 5.95 Å². The van der Waals surface area contributed by atoms with Crippen LogP contribution in [0.25, 0.3) is 15.9 Å². The highest BCUT2D eigenvalue weighted by atomic mass is 32.2. The molecule has 1 N–H and O–H groups in total. The fourth-order valence-corrected chi connectivity index (χ4v) is 5.24. The summed E-state index contributed by atoms with van der Waals surface area (Å²) in [6.45, 7) is 4.08. The monoisotopic (exact) mass is 438 g/mol. The maximum absolute atomic E-state index is 12.3. The van der Waals surface area contributed by atoms with E-state index in [9.17, 15) is 4.79 Å². The number of nitrogens with zero attached hydrogens (tertiary/aromatic N) is 5. The maximum Gasteiger partial charge on any atom is 0.268 e. The van der Waals surface area contributed by atoms with Gasteiger partial charge in [-0.25, -0.2) is 4.98 Å². The number of benzene rings is 1. The number of piperidine rings is 1. The number of fused-ring (bicyclic) bond motifs is 1. The van der Waals surface area contributed by atoms with Gasteiger partial charge in [0, 0.05) is 13.1 Å². The number of aryl methyl sites for hydroxylation is 1. The predicted octanol–water partition coefficient (Wildman–Crippen LogP) is 4.16. The van der Waals surface area contributed by atoms with Gasteiger partial charge in [-0.05, 0) is 49.8 Å². The summed E-state index contributed by atoms with van der Waals surface area (Å²) in [4.78, 5) is 22.1. The fourth-order valence-electron chi connectivity index (χ4n) is 3.70. The van der Waals surface area contributed by atoms with Gasteiger partial charge < -0.3 is 9.88 Å². The van der Waals surface area contributed by atoms with Gasteiger partial charge in [0.1, 0.15) is 10.5 Å². The van der Waals surface area contributed by atoms with Crippen LogP contribution in [-0.4, -0.2) is 37.8 Å². The molecule has 1 aliphatic rings. The smallest absolute Gasteiger partial charge is 0.268 e. The first-order chi connectivity index (χ1) is 14.7. The molecule has 7 nitrogen and oxygen atoms in total. The zero-order chi connectivity index (χ0) is 20.5. The summed E-state index contributed by atoms with van der Waals surface area (Å²) in [5.41, 5.74) is 2.92. The third-order valence-electron chi connectivity index (χ3n) is 5.25. The Morgan fingerprint density at radius 1 is 1.10 bits per heavy atom. The van der Waals surface area contributed by atoms with Crippen LogP contribution < -0.4 is 10.5 Å². The van der Waals surface area contributed by atoms with E-state index in [-0.39, 0.29) is 5.56 Å². The molecule has 0 unspecified atom stereocenters. The van der Waals surface area contributed by atoms with Crippen molar-refractivity contribution in [3.63, 3.8) is 0 Å². The van der Waals surface area contributed by atoms with Crippen LogP contribution in [0.3, 0.4) is 0 Å². The van der Waals surface area contributed by atoms with Gasteiger partial charge in [0.25, 0.3) is 5.56 Å². The van der Waals surface area contributed by atoms with E-state index in [1.165, 1.54) is 47.9 Å². The minimum absolute atomic E-state index is 0.0837. The molecule has 5 rings (SSSR count). The number of nitrogens with one attached hydrogen (secondary N) is 1. The topological polar surface area (TPSA) is 79.7 Å². The van der Waals surface area contributed by atoms with E-state index < -0.39 is 0 Å². The number of thioether (sulfide) groups is 1. The molecule has 4 aromatic rings. The highest BCUT2D eigenvalue weighted by Gasteiger charge is 2.22. The van der Waals surface area contributed by atoms with Crippen molar-refractivity contribution >= 4 is 39.3 Å². The first-order valence-corrected chi connectivity index (χ1v) is 11.9. The number of hydrogen-bond donors (Lipinski definition) is 1. The highest BCUT2D eigenvalue weighted by Crippen LogP contribution is 2.30. The summed E-state index contributed by atoms with van der Waals surface area (Å²) >= 11 is 2.95. The van der Waals surface area contributed by atoms with Gasteiger partial charge in [0.2, 0.25) is 5.95 Å². The molecule has 0 spiro atoms. The normalized spacial score (nSPS) is 14.5.